The number of rotatable bonds is 6. The lowest BCUT2D eigenvalue weighted by atomic mass is 9.84. The van der Waals surface area contributed by atoms with E-state index in [9.17, 15) is 13.2 Å². The number of hydrogen-bond donors (Lipinski definition) is 2. The van der Waals surface area contributed by atoms with E-state index in [1.165, 1.54) is 7.05 Å². The van der Waals surface area contributed by atoms with E-state index >= 15 is 4.39 Å². The van der Waals surface area contributed by atoms with E-state index in [1.54, 1.807) is 23.1 Å². The molecule has 0 spiro atoms. The van der Waals surface area contributed by atoms with Gasteiger partial charge < -0.3 is 4.90 Å². The van der Waals surface area contributed by atoms with Gasteiger partial charge in [0.05, 0.1) is 11.6 Å². The third-order valence-corrected chi connectivity index (χ3v) is 8.02. The number of carbonyl (C=O) groups excluding carboxylic acids is 1. The zero-order chi connectivity index (χ0) is 22.2. The smallest absolute Gasteiger partial charge is 0.276 e. The molecule has 168 valence electrons. The number of halogens is 1. The molecule has 2 aliphatic carbocycles. The molecule has 3 fully saturated rings. The predicted octanol–water partition coefficient (Wildman–Crippen LogP) is 2.34. The molecule has 1 aliphatic heterocycles. The number of likely N-dealkylation sites (tertiary alicyclic amines) is 1. The van der Waals surface area contributed by atoms with Gasteiger partial charge in [-0.2, -0.15) is 13.1 Å². The Morgan fingerprint density at radius 3 is 2.65 bits per heavy atom. The summed E-state index contributed by atoms with van der Waals surface area (Å²) in [5.74, 6) is 5.83. The highest BCUT2D eigenvalue weighted by Gasteiger charge is 2.42. The maximum atomic E-state index is 15.3. The van der Waals surface area contributed by atoms with Crippen LogP contribution in [0, 0.1) is 29.0 Å². The summed E-state index contributed by atoms with van der Waals surface area (Å²) in [4.78, 5) is 14.8. The third kappa shape index (κ3) is 4.94. The van der Waals surface area contributed by atoms with Crippen molar-refractivity contribution in [2.45, 2.75) is 64.0 Å². The van der Waals surface area contributed by atoms with E-state index in [-0.39, 0.29) is 29.5 Å². The van der Waals surface area contributed by atoms with Gasteiger partial charge >= 0.3 is 0 Å². The minimum absolute atomic E-state index is 0.00323. The average molecular weight is 448 g/mol. The van der Waals surface area contributed by atoms with Crippen molar-refractivity contribution in [3.8, 4) is 11.8 Å². The Morgan fingerprint density at radius 1 is 1.29 bits per heavy atom. The molecule has 1 saturated heterocycles. The summed E-state index contributed by atoms with van der Waals surface area (Å²) in [6.45, 7) is 2.54. The van der Waals surface area contributed by atoms with E-state index in [1.807, 2.05) is 0 Å². The van der Waals surface area contributed by atoms with Gasteiger partial charge in [0.15, 0.2) is 0 Å². The molecule has 8 heteroatoms. The van der Waals surface area contributed by atoms with Crippen LogP contribution in [0.15, 0.2) is 18.2 Å². The number of nitrogens with one attached hydrogen (secondary N) is 2. The molecule has 31 heavy (non-hydrogen) atoms. The summed E-state index contributed by atoms with van der Waals surface area (Å²) >= 11 is 0. The van der Waals surface area contributed by atoms with E-state index in [4.69, 9.17) is 0 Å². The van der Waals surface area contributed by atoms with Gasteiger partial charge in [0.2, 0.25) is 5.91 Å². The molecule has 2 atom stereocenters. The Balaban J connectivity index is 1.59. The van der Waals surface area contributed by atoms with E-state index in [2.05, 4.69) is 28.2 Å². The van der Waals surface area contributed by atoms with Gasteiger partial charge in [-0.05, 0) is 57.1 Å². The molecule has 1 heterocycles. The Labute approximate surface area is 184 Å². The standard InChI is InChI=1S/C23H30FN3O3S/c1-23(12-13-23)11-9-16-5-3-8-18(21(16)24)15-20-19(26-31(29,30)25-2)10-14-27(20)22(28)17-6-4-7-17/h3,5,8,17,19-20,25-26H,4,6-7,10,12-15H2,1-2H3. The molecule has 0 radical (unpaired) electrons. The molecule has 2 N–H and O–H groups in total. The fourth-order valence-corrected chi connectivity index (χ4v) is 5.05. The summed E-state index contributed by atoms with van der Waals surface area (Å²) < 4.78 is 44.4. The monoisotopic (exact) mass is 447 g/mol. The molecular weight excluding hydrogens is 417 g/mol. The van der Waals surface area contributed by atoms with E-state index < -0.39 is 22.3 Å². The molecule has 6 nitrogen and oxygen atoms in total. The first kappa shape index (κ1) is 22.3. The number of hydrogen-bond acceptors (Lipinski definition) is 3. The molecule has 4 rings (SSSR count). The van der Waals surface area contributed by atoms with Gasteiger partial charge in [-0.15, -0.1) is 0 Å². The summed E-state index contributed by atoms with van der Waals surface area (Å²) in [5.41, 5.74) is 0.809. The van der Waals surface area contributed by atoms with Crippen LogP contribution in [0.3, 0.4) is 0 Å². The number of benzene rings is 1. The van der Waals surface area contributed by atoms with Crippen molar-refractivity contribution < 1.29 is 17.6 Å². The van der Waals surface area contributed by atoms with Crippen molar-refractivity contribution in [2.24, 2.45) is 11.3 Å². The van der Waals surface area contributed by atoms with Gasteiger partial charge in [-0.25, -0.2) is 9.11 Å². The van der Waals surface area contributed by atoms with Gasteiger partial charge in [-0.3, -0.25) is 4.79 Å². The predicted molar refractivity (Wildman–Crippen MR) is 117 cm³/mol. The van der Waals surface area contributed by atoms with Crippen molar-refractivity contribution in [1.82, 2.24) is 14.3 Å². The van der Waals surface area contributed by atoms with Crippen LogP contribution in [0.25, 0.3) is 0 Å². The lowest BCUT2D eigenvalue weighted by molar-refractivity contribution is -0.139. The van der Waals surface area contributed by atoms with Crippen molar-refractivity contribution in [3.05, 3.63) is 35.1 Å². The summed E-state index contributed by atoms with van der Waals surface area (Å²) in [6.07, 6.45) is 5.60. The quantitative estimate of drug-likeness (QED) is 0.657. The number of nitrogens with zero attached hydrogens (tertiary/aromatic N) is 1. The van der Waals surface area contributed by atoms with Crippen molar-refractivity contribution in [2.75, 3.05) is 13.6 Å². The maximum absolute atomic E-state index is 15.3. The van der Waals surface area contributed by atoms with Gasteiger partial charge in [0, 0.05) is 31.0 Å². The zero-order valence-corrected chi connectivity index (χ0v) is 18.9. The van der Waals surface area contributed by atoms with Crippen molar-refractivity contribution in [1.29, 1.82) is 0 Å². The van der Waals surface area contributed by atoms with Crippen LogP contribution in [-0.2, 0) is 21.4 Å². The Bertz CT molecular complexity index is 1020. The van der Waals surface area contributed by atoms with E-state index in [0.717, 1.165) is 32.1 Å². The van der Waals surface area contributed by atoms with Gasteiger partial charge in [-0.1, -0.05) is 30.4 Å². The molecule has 2 unspecified atom stereocenters. The first-order chi connectivity index (χ1) is 14.7. The highest BCUT2D eigenvalue weighted by molar-refractivity contribution is 7.87. The number of carbonyl (C=O) groups is 1. The normalized spacial score (nSPS) is 24.9. The van der Waals surface area contributed by atoms with Crippen LogP contribution in [0.2, 0.25) is 0 Å². The molecule has 0 aromatic heterocycles. The molecule has 1 amide bonds. The van der Waals surface area contributed by atoms with Crippen LogP contribution >= 0.6 is 0 Å². The minimum atomic E-state index is -3.68. The second kappa shape index (κ2) is 8.53. The third-order valence-electron chi connectivity index (χ3n) is 6.87. The topological polar surface area (TPSA) is 78.5 Å². The molecule has 0 bridgehead atoms. The zero-order valence-electron chi connectivity index (χ0n) is 18.1. The highest BCUT2D eigenvalue weighted by Crippen LogP contribution is 2.44. The molecule has 2 saturated carbocycles. The molecule has 1 aromatic rings. The van der Waals surface area contributed by atoms with Crippen molar-refractivity contribution in [3.63, 3.8) is 0 Å². The second-order valence-electron chi connectivity index (χ2n) is 9.24. The lowest BCUT2D eigenvalue weighted by Crippen LogP contribution is -2.51. The Morgan fingerprint density at radius 2 is 2.03 bits per heavy atom. The fourth-order valence-electron chi connectivity index (χ4n) is 4.26. The van der Waals surface area contributed by atoms with Crippen LogP contribution in [0.1, 0.15) is 56.6 Å². The fraction of sp³-hybridized carbons (Fsp3) is 0.609. The van der Waals surface area contributed by atoms with Crippen LogP contribution in [-0.4, -0.2) is 44.9 Å². The maximum Gasteiger partial charge on any atom is 0.276 e. The minimum Gasteiger partial charge on any atom is -0.337 e. The molecular formula is C23H30FN3O3S. The Hall–Kier alpha value is -1.95. The SMILES string of the molecule is CNS(=O)(=O)NC1CCN(C(=O)C2CCC2)C1Cc1cccc(C#CC2(C)CC2)c1F. The van der Waals surface area contributed by atoms with Crippen LogP contribution < -0.4 is 9.44 Å². The van der Waals surface area contributed by atoms with Gasteiger partial charge in [0.1, 0.15) is 5.82 Å². The van der Waals surface area contributed by atoms with E-state index in [0.29, 0.717) is 24.1 Å². The average Bonchev–Trinajstić information content (AvgIpc) is 3.30. The lowest BCUT2D eigenvalue weighted by Gasteiger charge is -2.34. The first-order valence-corrected chi connectivity index (χ1v) is 12.5. The summed E-state index contributed by atoms with van der Waals surface area (Å²) in [5, 5.41) is 0. The summed E-state index contributed by atoms with van der Waals surface area (Å²) in [6, 6.07) is 4.24. The molecule has 3 aliphatic rings. The van der Waals surface area contributed by atoms with Gasteiger partial charge in [0.25, 0.3) is 10.2 Å². The van der Waals surface area contributed by atoms with Crippen molar-refractivity contribution >= 4 is 16.1 Å². The molecule has 1 aromatic carbocycles. The van der Waals surface area contributed by atoms with Crippen LogP contribution in [0.5, 0.6) is 0 Å². The highest BCUT2D eigenvalue weighted by atomic mass is 32.2. The largest absolute Gasteiger partial charge is 0.337 e. The Kier molecular flexibility index (Phi) is 6.12. The number of amides is 1. The second-order valence-corrected chi connectivity index (χ2v) is 10.9. The summed E-state index contributed by atoms with van der Waals surface area (Å²) in [7, 11) is -2.34. The first-order valence-electron chi connectivity index (χ1n) is 11.0. The van der Waals surface area contributed by atoms with Crippen LogP contribution in [0.4, 0.5) is 4.39 Å².